The summed E-state index contributed by atoms with van der Waals surface area (Å²) >= 11 is 0. The third kappa shape index (κ3) is 4.09. The number of benzene rings is 1. The SMILES string of the molecule is CC(=O)Nc1cccc(Oc2ccc(C(=O)NC3CC4CCC3N4)cc2)n1. The zero-order valence-electron chi connectivity index (χ0n) is 15.1. The van der Waals surface area contributed by atoms with Crippen LogP contribution in [0.25, 0.3) is 0 Å². The Bertz CT molecular complexity index is 853. The average Bonchev–Trinajstić information content (AvgIpc) is 3.25. The Balaban J connectivity index is 1.37. The second-order valence-electron chi connectivity index (χ2n) is 7.03. The Morgan fingerprint density at radius 1 is 1.15 bits per heavy atom. The normalized spacial score (nSPS) is 23.1. The second-order valence-corrected chi connectivity index (χ2v) is 7.03. The molecule has 2 aliphatic rings. The van der Waals surface area contributed by atoms with Crippen molar-refractivity contribution in [3.63, 3.8) is 0 Å². The highest BCUT2D eigenvalue weighted by molar-refractivity contribution is 5.94. The summed E-state index contributed by atoms with van der Waals surface area (Å²) in [6, 6.07) is 13.3. The standard InChI is InChI=1S/C20H22N4O3/c1-12(25)21-18-3-2-4-19(24-18)27-15-8-5-13(6-9-15)20(26)23-17-11-14-7-10-16(17)22-14/h2-6,8-9,14,16-17,22H,7,10-11H2,1H3,(H,23,26)(H,21,24,25). The Morgan fingerprint density at radius 2 is 1.96 bits per heavy atom. The number of carbonyl (C=O) groups is 2. The number of nitrogens with one attached hydrogen (secondary N) is 3. The molecule has 2 aromatic rings. The van der Waals surface area contributed by atoms with Gasteiger partial charge < -0.3 is 20.7 Å². The summed E-state index contributed by atoms with van der Waals surface area (Å²) < 4.78 is 5.70. The number of fused-ring (bicyclic) bond motifs is 2. The Labute approximate surface area is 157 Å². The number of ether oxygens (including phenoxy) is 1. The fourth-order valence-electron chi connectivity index (χ4n) is 3.75. The topological polar surface area (TPSA) is 92.3 Å². The van der Waals surface area contributed by atoms with E-state index in [4.69, 9.17) is 4.74 Å². The van der Waals surface area contributed by atoms with Crippen LogP contribution in [0.5, 0.6) is 11.6 Å². The number of amides is 2. The summed E-state index contributed by atoms with van der Waals surface area (Å²) in [6.07, 6.45) is 3.35. The van der Waals surface area contributed by atoms with Gasteiger partial charge in [-0.05, 0) is 49.6 Å². The lowest BCUT2D eigenvalue weighted by atomic mass is 9.95. The zero-order valence-corrected chi connectivity index (χ0v) is 15.1. The maximum Gasteiger partial charge on any atom is 0.251 e. The number of carbonyl (C=O) groups excluding carboxylic acids is 2. The fourth-order valence-corrected chi connectivity index (χ4v) is 3.75. The number of rotatable bonds is 5. The van der Waals surface area contributed by atoms with Crippen molar-refractivity contribution >= 4 is 17.6 Å². The molecule has 2 aliphatic heterocycles. The van der Waals surface area contributed by atoms with E-state index in [2.05, 4.69) is 20.9 Å². The lowest BCUT2D eigenvalue weighted by Crippen LogP contribution is -2.42. The van der Waals surface area contributed by atoms with E-state index in [9.17, 15) is 9.59 Å². The van der Waals surface area contributed by atoms with Crippen LogP contribution in [0, 0.1) is 0 Å². The van der Waals surface area contributed by atoms with E-state index < -0.39 is 0 Å². The molecular formula is C20H22N4O3. The van der Waals surface area contributed by atoms with Crippen molar-refractivity contribution in [2.45, 2.75) is 44.3 Å². The Hall–Kier alpha value is -2.93. The van der Waals surface area contributed by atoms with Crippen LogP contribution in [-0.2, 0) is 4.79 Å². The largest absolute Gasteiger partial charge is 0.439 e. The van der Waals surface area contributed by atoms with Crippen molar-refractivity contribution in [2.24, 2.45) is 0 Å². The van der Waals surface area contributed by atoms with Gasteiger partial charge in [0.15, 0.2) is 0 Å². The molecule has 3 N–H and O–H groups in total. The highest BCUT2D eigenvalue weighted by atomic mass is 16.5. The molecule has 2 amide bonds. The predicted molar refractivity (Wildman–Crippen MR) is 101 cm³/mol. The van der Waals surface area contributed by atoms with Crippen molar-refractivity contribution in [3.05, 3.63) is 48.0 Å². The third-order valence-electron chi connectivity index (χ3n) is 4.98. The summed E-state index contributed by atoms with van der Waals surface area (Å²) in [5.41, 5.74) is 0.602. The van der Waals surface area contributed by atoms with Gasteiger partial charge in [-0.1, -0.05) is 6.07 Å². The molecule has 140 valence electrons. The molecule has 1 aromatic carbocycles. The van der Waals surface area contributed by atoms with Gasteiger partial charge in [0, 0.05) is 36.7 Å². The molecule has 0 saturated carbocycles. The van der Waals surface area contributed by atoms with Gasteiger partial charge in [0.2, 0.25) is 11.8 Å². The maximum atomic E-state index is 12.5. The first-order chi connectivity index (χ1) is 13.1. The van der Waals surface area contributed by atoms with Gasteiger partial charge in [-0.3, -0.25) is 9.59 Å². The molecule has 3 atom stereocenters. The van der Waals surface area contributed by atoms with Gasteiger partial charge in [-0.15, -0.1) is 0 Å². The molecule has 2 saturated heterocycles. The number of nitrogens with zero attached hydrogens (tertiary/aromatic N) is 1. The molecule has 2 bridgehead atoms. The molecule has 2 fully saturated rings. The highest BCUT2D eigenvalue weighted by Crippen LogP contribution is 2.28. The number of hydrogen-bond acceptors (Lipinski definition) is 5. The molecule has 1 aromatic heterocycles. The number of aromatic nitrogens is 1. The lowest BCUT2D eigenvalue weighted by molar-refractivity contribution is -0.114. The molecule has 27 heavy (non-hydrogen) atoms. The van der Waals surface area contributed by atoms with E-state index in [1.165, 1.54) is 13.3 Å². The van der Waals surface area contributed by atoms with Gasteiger partial charge in [0.05, 0.1) is 0 Å². The first-order valence-electron chi connectivity index (χ1n) is 9.16. The molecule has 0 aliphatic carbocycles. The van der Waals surface area contributed by atoms with Gasteiger partial charge in [-0.25, -0.2) is 0 Å². The van der Waals surface area contributed by atoms with Crippen LogP contribution in [0.3, 0.4) is 0 Å². The Morgan fingerprint density at radius 3 is 2.63 bits per heavy atom. The third-order valence-corrected chi connectivity index (χ3v) is 4.98. The summed E-state index contributed by atoms with van der Waals surface area (Å²) in [5.74, 6) is 1.11. The summed E-state index contributed by atoms with van der Waals surface area (Å²) in [5, 5.41) is 9.26. The second kappa shape index (κ2) is 7.36. The minimum absolute atomic E-state index is 0.0633. The minimum Gasteiger partial charge on any atom is -0.439 e. The van der Waals surface area contributed by atoms with Crippen LogP contribution in [0.4, 0.5) is 5.82 Å². The van der Waals surface area contributed by atoms with Crippen LogP contribution in [0.1, 0.15) is 36.5 Å². The van der Waals surface area contributed by atoms with Crippen molar-refractivity contribution in [1.29, 1.82) is 0 Å². The van der Waals surface area contributed by atoms with E-state index in [-0.39, 0.29) is 17.9 Å². The molecule has 4 rings (SSSR count). The minimum atomic E-state index is -0.194. The molecule has 0 spiro atoms. The first-order valence-corrected chi connectivity index (χ1v) is 9.16. The van der Waals surface area contributed by atoms with E-state index >= 15 is 0 Å². The number of anilines is 1. The van der Waals surface area contributed by atoms with Gasteiger partial charge >= 0.3 is 0 Å². The maximum absolute atomic E-state index is 12.5. The summed E-state index contributed by atoms with van der Waals surface area (Å²) in [6.45, 7) is 1.42. The fraction of sp³-hybridized carbons (Fsp3) is 0.350. The van der Waals surface area contributed by atoms with Crippen LogP contribution >= 0.6 is 0 Å². The molecular weight excluding hydrogens is 344 g/mol. The summed E-state index contributed by atoms with van der Waals surface area (Å²) in [7, 11) is 0. The van der Waals surface area contributed by atoms with Crippen molar-refractivity contribution in [3.8, 4) is 11.6 Å². The van der Waals surface area contributed by atoms with Crippen LogP contribution in [0.15, 0.2) is 42.5 Å². The predicted octanol–water partition coefficient (Wildman–Crippen LogP) is 2.46. The molecule has 7 nitrogen and oxygen atoms in total. The molecule has 0 radical (unpaired) electrons. The smallest absolute Gasteiger partial charge is 0.251 e. The van der Waals surface area contributed by atoms with Crippen molar-refractivity contribution in [1.82, 2.24) is 15.6 Å². The quantitative estimate of drug-likeness (QED) is 0.756. The van der Waals surface area contributed by atoms with Crippen LogP contribution in [0.2, 0.25) is 0 Å². The molecule has 3 unspecified atom stereocenters. The zero-order chi connectivity index (χ0) is 18.8. The Kier molecular flexibility index (Phi) is 4.77. The first kappa shape index (κ1) is 17.5. The molecule has 3 heterocycles. The van der Waals surface area contributed by atoms with E-state index in [0.717, 1.165) is 12.8 Å². The van der Waals surface area contributed by atoms with Gasteiger partial charge in [0.25, 0.3) is 5.91 Å². The van der Waals surface area contributed by atoms with Crippen molar-refractivity contribution < 1.29 is 14.3 Å². The van der Waals surface area contributed by atoms with Gasteiger partial charge in [0.1, 0.15) is 11.6 Å². The average molecular weight is 366 g/mol. The monoisotopic (exact) mass is 366 g/mol. The van der Waals surface area contributed by atoms with Crippen LogP contribution in [-0.4, -0.2) is 34.9 Å². The number of pyridine rings is 1. The van der Waals surface area contributed by atoms with E-state index in [0.29, 0.717) is 35.1 Å². The number of hydrogen-bond donors (Lipinski definition) is 3. The van der Waals surface area contributed by atoms with E-state index in [1.54, 1.807) is 42.5 Å². The van der Waals surface area contributed by atoms with Gasteiger partial charge in [-0.2, -0.15) is 4.98 Å². The summed E-state index contributed by atoms with van der Waals surface area (Å²) in [4.78, 5) is 27.8. The molecule has 7 heteroatoms. The van der Waals surface area contributed by atoms with Crippen molar-refractivity contribution in [2.75, 3.05) is 5.32 Å². The lowest BCUT2D eigenvalue weighted by Gasteiger charge is -2.21. The van der Waals surface area contributed by atoms with Crippen LogP contribution < -0.4 is 20.7 Å². The highest BCUT2D eigenvalue weighted by Gasteiger charge is 2.39. The van der Waals surface area contributed by atoms with E-state index in [1.807, 2.05) is 0 Å².